The number of sulfonamides is 1. The van der Waals surface area contributed by atoms with Crippen molar-refractivity contribution in [2.75, 3.05) is 5.75 Å². The van der Waals surface area contributed by atoms with Gasteiger partial charge in [0, 0.05) is 0 Å². The van der Waals surface area contributed by atoms with Gasteiger partial charge in [-0.3, -0.25) is 0 Å². The van der Waals surface area contributed by atoms with E-state index >= 15 is 0 Å². The molecular formula is C18H18FN3O3S. The maximum atomic E-state index is 13.7. The molecule has 26 heavy (non-hydrogen) atoms. The molecule has 2 aromatic carbocycles. The zero-order chi connectivity index (χ0) is 18.4. The van der Waals surface area contributed by atoms with E-state index in [2.05, 4.69) is 14.9 Å². The summed E-state index contributed by atoms with van der Waals surface area (Å²) in [5.41, 5.74) is 1.29. The van der Waals surface area contributed by atoms with Gasteiger partial charge in [0.1, 0.15) is 5.82 Å². The van der Waals surface area contributed by atoms with Gasteiger partial charge in [-0.1, -0.05) is 47.6 Å². The van der Waals surface area contributed by atoms with E-state index in [-0.39, 0.29) is 29.6 Å². The first kappa shape index (κ1) is 18.2. The zero-order valence-electron chi connectivity index (χ0n) is 13.9. The summed E-state index contributed by atoms with van der Waals surface area (Å²) in [5.74, 6) is -0.312. The molecule has 136 valence electrons. The van der Waals surface area contributed by atoms with Crippen LogP contribution >= 0.6 is 0 Å². The van der Waals surface area contributed by atoms with Gasteiger partial charge in [-0.15, -0.1) is 0 Å². The summed E-state index contributed by atoms with van der Waals surface area (Å²) in [6.07, 6.45) is 1.18. The van der Waals surface area contributed by atoms with Crippen molar-refractivity contribution in [1.29, 1.82) is 0 Å². The molecule has 6 nitrogen and oxygen atoms in total. The van der Waals surface area contributed by atoms with Gasteiger partial charge in [0.2, 0.25) is 21.7 Å². The number of nitrogens with zero attached hydrogens (tertiary/aromatic N) is 2. The van der Waals surface area contributed by atoms with E-state index in [4.69, 9.17) is 4.52 Å². The standard InChI is InChI=1S/C18H18FN3O3S/c19-16-11-5-4-10-15(16)18-21-17(25-22-18)13-20-26(23,24)12-6-9-14-7-2-1-3-8-14/h1-5,7-8,10-11,20H,6,9,12-13H2. The van der Waals surface area contributed by atoms with Crippen LogP contribution in [0.5, 0.6) is 0 Å². The smallest absolute Gasteiger partial charge is 0.242 e. The van der Waals surface area contributed by atoms with E-state index in [1.165, 1.54) is 12.1 Å². The fourth-order valence-corrected chi connectivity index (χ4v) is 3.45. The van der Waals surface area contributed by atoms with Crippen molar-refractivity contribution in [2.24, 2.45) is 0 Å². The highest BCUT2D eigenvalue weighted by atomic mass is 32.2. The van der Waals surface area contributed by atoms with Crippen molar-refractivity contribution in [3.05, 3.63) is 71.9 Å². The number of hydrogen-bond acceptors (Lipinski definition) is 5. The lowest BCUT2D eigenvalue weighted by atomic mass is 10.1. The fraction of sp³-hybridized carbons (Fsp3) is 0.222. The summed E-state index contributed by atoms with van der Waals surface area (Å²) in [4.78, 5) is 4.03. The van der Waals surface area contributed by atoms with Crippen molar-refractivity contribution < 1.29 is 17.3 Å². The number of aryl methyl sites for hydroxylation is 1. The SMILES string of the molecule is O=S(=O)(CCCc1ccccc1)NCc1nc(-c2ccccc2F)no1. The number of rotatable bonds is 8. The van der Waals surface area contributed by atoms with E-state index in [0.717, 1.165) is 5.56 Å². The predicted octanol–water partition coefficient (Wildman–Crippen LogP) is 2.93. The van der Waals surface area contributed by atoms with Crippen molar-refractivity contribution in [3.8, 4) is 11.4 Å². The molecule has 3 rings (SSSR count). The first-order valence-electron chi connectivity index (χ1n) is 8.12. The normalized spacial score (nSPS) is 11.6. The van der Waals surface area contributed by atoms with E-state index in [9.17, 15) is 12.8 Å². The molecule has 1 N–H and O–H groups in total. The first-order chi connectivity index (χ1) is 12.5. The van der Waals surface area contributed by atoms with E-state index in [1.807, 2.05) is 30.3 Å². The van der Waals surface area contributed by atoms with Crippen LogP contribution in [0, 0.1) is 5.82 Å². The third kappa shape index (κ3) is 4.96. The van der Waals surface area contributed by atoms with Gasteiger partial charge in [0.25, 0.3) is 0 Å². The molecule has 1 aromatic heterocycles. The molecular weight excluding hydrogens is 357 g/mol. The summed E-state index contributed by atoms with van der Waals surface area (Å²) in [6, 6.07) is 15.7. The Bertz CT molecular complexity index is 959. The third-order valence-electron chi connectivity index (χ3n) is 3.75. The maximum Gasteiger partial charge on any atom is 0.242 e. The molecule has 0 aliphatic rings. The molecule has 0 amide bonds. The maximum absolute atomic E-state index is 13.7. The largest absolute Gasteiger partial charge is 0.338 e. The molecule has 0 bridgehead atoms. The Hall–Kier alpha value is -2.58. The fourth-order valence-electron chi connectivity index (χ4n) is 2.43. The Kier molecular flexibility index (Phi) is 5.75. The molecule has 0 aliphatic heterocycles. The summed E-state index contributed by atoms with van der Waals surface area (Å²) < 4.78 is 45.2. The second-order valence-electron chi connectivity index (χ2n) is 5.72. The molecule has 0 spiro atoms. The monoisotopic (exact) mass is 375 g/mol. The molecule has 0 unspecified atom stereocenters. The van der Waals surface area contributed by atoms with Crippen LogP contribution < -0.4 is 4.72 Å². The van der Waals surface area contributed by atoms with Crippen molar-refractivity contribution in [1.82, 2.24) is 14.9 Å². The van der Waals surface area contributed by atoms with Crippen molar-refractivity contribution in [3.63, 3.8) is 0 Å². The molecule has 8 heteroatoms. The second kappa shape index (κ2) is 8.20. The third-order valence-corrected chi connectivity index (χ3v) is 5.16. The number of nitrogens with one attached hydrogen (secondary N) is 1. The molecule has 0 fully saturated rings. The van der Waals surface area contributed by atoms with Crippen LogP contribution in [-0.2, 0) is 23.0 Å². The molecule has 0 saturated heterocycles. The molecule has 0 atom stereocenters. The average molecular weight is 375 g/mol. The lowest BCUT2D eigenvalue weighted by molar-refractivity contribution is 0.375. The van der Waals surface area contributed by atoms with E-state index in [0.29, 0.717) is 12.8 Å². The Morgan fingerprint density at radius 1 is 1.04 bits per heavy atom. The summed E-state index contributed by atoms with van der Waals surface area (Å²) >= 11 is 0. The minimum atomic E-state index is -3.47. The van der Waals surface area contributed by atoms with Gasteiger partial charge in [-0.2, -0.15) is 4.98 Å². The number of hydrogen-bond donors (Lipinski definition) is 1. The molecule has 1 heterocycles. The van der Waals surface area contributed by atoms with Gasteiger partial charge >= 0.3 is 0 Å². The van der Waals surface area contributed by atoms with E-state index in [1.54, 1.807) is 12.1 Å². The van der Waals surface area contributed by atoms with Crippen LogP contribution in [-0.4, -0.2) is 24.3 Å². The molecule has 0 aliphatic carbocycles. The number of halogens is 1. The summed E-state index contributed by atoms with van der Waals surface area (Å²) in [5, 5.41) is 3.69. The Labute approximate surface area is 151 Å². The number of aromatic nitrogens is 2. The highest BCUT2D eigenvalue weighted by Crippen LogP contribution is 2.19. The Morgan fingerprint density at radius 3 is 2.54 bits per heavy atom. The van der Waals surface area contributed by atoms with Crippen LogP contribution in [0.2, 0.25) is 0 Å². The van der Waals surface area contributed by atoms with Gasteiger partial charge in [-0.05, 0) is 30.5 Å². The molecule has 0 saturated carbocycles. The zero-order valence-corrected chi connectivity index (χ0v) is 14.7. The molecule has 3 aromatic rings. The molecule has 0 radical (unpaired) electrons. The van der Waals surface area contributed by atoms with Gasteiger partial charge < -0.3 is 4.52 Å². The van der Waals surface area contributed by atoms with E-state index < -0.39 is 15.8 Å². The van der Waals surface area contributed by atoms with Crippen LogP contribution in [0.15, 0.2) is 59.1 Å². The Balaban J connectivity index is 1.52. The van der Waals surface area contributed by atoms with Crippen LogP contribution in [0.25, 0.3) is 11.4 Å². The lowest BCUT2D eigenvalue weighted by Gasteiger charge is -2.04. The summed E-state index contributed by atoms with van der Waals surface area (Å²) in [7, 11) is -3.47. The van der Waals surface area contributed by atoms with Crippen LogP contribution in [0.4, 0.5) is 4.39 Å². The minimum absolute atomic E-state index is 0.00377. The van der Waals surface area contributed by atoms with Crippen LogP contribution in [0.1, 0.15) is 17.9 Å². The average Bonchev–Trinajstić information content (AvgIpc) is 3.10. The second-order valence-corrected chi connectivity index (χ2v) is 7.65. The first-order valence-corrected chi connectivity index (χ1v) is 9.77. The Morgan fingerprint density at radius 2 is 1.77 bits per heavy atom. The minimum Gasteiger partial charge on any atom is -0.338 e. The van der Waals surface area contributed by atoms with Crippen molar-refractivity contribution >= 4 is 10.0 Å². The van der Waals surface area contributed by atoms with Gasteiger partial charge in [0.15, 0.2) is 0 Å². The van der Waals surface area contributed by atoms with Crippen LogP contribution in [0.3, 0.4) is 0 Å². The van der Waals surface area contributed by atoms with Gasteiger partial charge in [-0.25, -0.2) is 17.5 Å². The highest BCUT2D eigenvalue weighted by molar-refractivity contribution is 7.89. The summed E-state index contributed by atoms with van der Waals surface area (Å²) in [6.45, 7) is -0.130. The lowest BCUT2D eigenvalue weighted by Crippen LogP contribution is -2.26. The quantitative estimate of drug-likeness (QED) is 0.654. The number of benzene rings is 2. The van der Waals surface area contributed by atoms with Gasteiger partial charge in [0.05, 0.1) is 17.9 Å². The predicted molar refractivity (Wildman–Crippen MR) is 95.1 cm³/mol. The highest BCUT2D eigenvalue weighted by Gasteiger charge is 2.15. The van der Waals surface area contributed by atoms with Crippen molar-refractivity contribution in [2.45, 2.75) is 19.4 Å². The topological polar surface area (TPSA) is 85.1 Å².